The molecule has 0 aliphatic carbocycles. The summed E-state index contributed by atoms with van der Waals surface area (Å²) in [7, 11) is 0. The number of nitro groups is 1. The van der Waals surface area contributed by atoms with Crippen LogP contribution in [0.15, 0.2) is 16.7 Å². The van der Waals surface area contributed by atoms with Crippen LogP contribution in [0.25, 0.3) is 11.1 Å². The first-order valence-corrected chi connectivity index (χ1v) is 5.29. The summed E-state index contributed by atoms with van der Waals surface area (Å²) in [6, 6.07) is 2.37. The lowest BCUT2D eigenvalue weighted by Crippen LogP contribution is -1.96. The van der Waals surface area contributed by atoms with E-state index in [-0.39, 0.29) is 0 Å². The van der Waals surface area contributed by atoms with Crippen molar-refractivity contribution in [1.29, 1.82) is 0 Å². The molecule has 0 saturated heterocycles. The van der Waals surface area contributed by atoms with Crippen molar-refractivity contribution < 1.29 is 13.8 Å². The summed E-state index contributed by atoms with van der Waals surface area (Å²) in [6.07, 6.45) is 0. The topological polar surface area (TPSA) is 69.2 Å². The van der Waals surface area contributed by atoms with E-state index in [1.165, 1.54) is 6.07 Å². The van der Waals surface area contributed by atoms with Gasteiger partial charge in [-0.25, -0.2) is 0 Å². The number of rotatable bonds is 2. The number of halogens is 1. The van der Waals surface area contributed by atoms with Gasteiger partial charge in [-0.15, -0.1) is 0 Å². The molecule has 1 heterocycles. The Morgan fingerprint density at radius 3 is 2.50 bits per heavy atom. The van der Waals surface area contributed by atoms with Crippen molar-refractivity contribution in [3.8, 4) is 11.1 Å². The van der Waals surface area contributed by atoms with Crippen molar-refractivity contribution in [2.75, 3.05) is 0 Å². The zero-order valence-corrected chi connectivity index (χ0v) is 10.2. The van der Waals surface area contributed by atoms with E-state index < -0.39 is 16.4 Å². The van der Waals surface area contributed by atoms with E-state index in [1.807, 2.05) is 0 Å². The Morgan fingerprint density at radius 1 is 1.33 bits per heavy atom. The summed E-state index contributed by atoms with van der Waals surface area (Å²) in [4.78, 5) is 10.0. The molecule has 2 rings (SSSR count). The molecule has 0 amide bonds. The fraction of sp³-hybridized carbons (Fsp3) is 0.250. The van der Waals surface area contributed by atoms with Gasteiger partial charge < -0.3 is 4.52 Å². The van der Waals surface area contributed by atoms with E-state index in [9.17, 15) is 14.5 Å². The maximum absolute atomic E-state index is 13.4. The summed E-state index contributed by atoms with van der Waals surface area (Å²) in [5.74, 6) is -0.287. The molecule has 0 unspecified atom stereocenters. The molecular weight excluding hydrogens is 239 g/mol. The largest absolute Gasteiger partial charge is 0.361 e. The molecule has 1 aromatic carbocycles. The molecule has 0 aliphatic rings. The van der Waals surface area contributed by atoms with Crippen LogP contribution in [-0.4, -0.2) is 10.1 Å². The predicted molar refractivity (Wildman–Crippen MR) is 62.8 cm³/mol. The monoisotopic (exact) mass is 250 g/mol. The average Bonchev–Trinajstić information content (AvgIpc) is 2.59. The van der Waals surface area contributed by atoms with Gasteiger partial charge >= 0.3 is 5.69 Å². The molecule has 0 aliphatic heterocycles. The van der Waals surface area contributed by atoms with Crippen LogP contribution in [0, 0.1) is 36.7 Å². The third-order valence-corrected chi connectivity index (χ3v) is 2.79. The fourth-order valence-corrected chi connectivity index (χ4v) is 1.94. The third-order valence-electron chi connectivity index (χ3n) is 2.79. The van der Waals surface area contributed by atoms with Crippen LogP contribution < -0.4 is 0 Å². The second-order valence-electron chi connectivity index (χ2n) is 4.07. The molecule has 94 valence electrons. The minimum atomic E-state index is -0.840. The standard InChI is InChI=1S/C12H11FN2O3/c1-6-4-10(13)11(15(16)17)5-9(6)12-7(2)14-18-8(12)3/h4-5H,1-3H3. The van der Waals surface area contributed by atoms with Crippen LogP contribution >= 0.6 is 0 Å². The summed E-state index contributed by atoms with van der Waals surface area (Å²) in [6.45, 7) is 5.14. The van der Waals surface area contributed by atoms with Gasteiger partial charge in [-0.3, -0.25) is 10.1 Å². The highest BCUT2D eigenvalue weighted by Crippen LogP contribution is 2.33. The van der Waals surface area contributed by atoms with Gasteiger partial charge in [-0.2, -0.15) is 4.39 Å². The number of nitro benzene ring substituents is 1. The zero-order chi connectivity index (χ0) is 13.4. The SMILES string of the molecule is Cc1cc(F)c([N+](=O)[O-])cc1-c1c(C)noc1C. The summed E-state index contributed by atoms with van der Waals surface area (Å²) in [5, 5.41) is 14.5. The Kier molecular flexibility index (Phi) is 2.86. The van der Waals surface area contributed by atoms with Crippen LogP contribution in [0.3, 0.4) is 0 Å². The molecule has 0 N–H and O–H groups in total. The Morgan fingerprint density at radius 2 is 2.00 bits per heavy atom. The second-order valence-corrected chi connectivity index (χ2v) is 4.07. The quantitative estimate of drug-likeness (QED) is 0.605. The highest BCUT2D eigenvalue weighted by atomic mass is 19.1. The molecule has 0 spiro atoms. The second kappa shape index (κ2) is 4.21. The number of hydrogen-bond acceptors (Lipinski definition) is 4. The molecule has 5 nitrogen and oxygen atoms in total. The lowest BCUT2D eigenvalue weighted by atomic mass is 9.98. The first-order valence-electron chi connectivity index (χ1n) is 5.29. The van der Waals surface area contributed by atoms with E-state index in [0.29, 0.717) is 28.1 Å². The van der Waals surface area contributed by atoms with Crippen LogP contribution in [0.2, 0.25) is 0 Å². The van der Waals surface area contributed by atoms with Crippen molar-refractivity contribution in [1.82, 2.24) is 5.16 Å². The van der Waals surface area contributed by atoms with Crippen LogP contribution in [0.1, 0.15) is 17.0 Å². The fourth-order valence-electron chi connectivity index (χ4n) is 1.94. The van der Waals surface area contributed by atoms with E-state index in [4.69, 9.17) is 4.52 Å². The highest BCUT2D eigenvalue weighted by Gasteiger charge is 2.21. The van der Waals surface area contributed by atoms with Crippen LogP contribution in [0.4, 0.5) is 10.1 Å². The van der Waals surface area contributed by atoms with Gasteiger partial charge in [-0.05, 0) is 38.0 Å². The van der Waals surface area contributed by atoms with Crippen LogP contribution in [-0.2, 0) is 0 Å². The lowest BCUT2D eigenvalue weighted by Gasteiger charge is -2.05. The van der Waals surface area contributed by atoms with E-state index >= 15 is 0 Å². The predicted octanol–water partition coefficient (Wildman–Crippen LogP) is 3.31. The van der Waals surface area contributed by atoms with E-state index in [0.717, 1.165) is 6.07 Å². The number of nitrogens with zero attached hydrogens (tertiary/aromatic N) is 2. The Balaban J connectivity index is 2.72. The Bertz CT molecular complexity index is 615. The van der Waals surface area contributed by atoms with Crippen molar-refractivity contribution in [2.45, 2.75) is 20.8 Å². The minimum Gasteiger partial charge on any atom is -0.361 e. The summed E-state index contributed by atoms with van der Waals surface area (Å²) < 4.78 is 18.5. The zero-order valence-electron chi connectivity index (χ0n) is 10.2. The van der Waals surface area contributed by atoms with E-state index in [1.54, 1.807) is 20.8 Å². The highest BCUT2D eigenvalue weighted by molar-refractivity contribution is 5.73. The van der Waals surface area contributed by atoms with Crippen molar-refractivity contribution in [3.63, 3.8) is 0 Å². The lowest BCUT2D eigenvalue weighted by molar-refractivity contribution is -0.387. The van der Waals surface area contributed by atoms with Crippen molar-refractivity contribution in [2.24, 2.45) is 0 Å². The molecule has 1 aromatic heterocycles. The molecule has 0 saturated carbocycles. The van der Waals surface area contributed by atoms with Crippen molar-refractivity contribution >= 4 is 5.69 Å². The van der Waals surface area contributed by atoms with Gasteiger partial charge in [0.25, 0.3) is 0 Å². The van der Waals surface area contributed by atoms with Gasteiger partial charge in [0.2, 0.25) is 5.82 Å². The van der Waals surface area contributed by atoms with Gasteiger partial charge in [0.1, 0.15) is 5.76 Å². The maximum atomic E-state index is 13.4. The molecule has 2 aromatic rings. The third kappa shape index (κ3) is 1.85. The Labute approximate surface area is 102 Å². The minimum absolute atomic E-state index is 0.546. The van der Waals surface area contributed by atoms with Crippen LogP contribution in [0.5, 0.6) is 0 Å². The van der Waals surface area contributed by atoms with Gasteiger partial charge in [0.15, 0.2) is 0 Å². The first kappa shape index (κ1) is 12.2. The maximum Gasteiger partial charge on any atom is 0.305 e. The Hall–Kier alpha value is -2.24. The van der Waals surface area contributed by atoms with Gasteiger partial charge in [-0.1, -0.05) is 5.16 Å². The van der Waals surface area contributed by atoms with Gasteiger partial charge in [0.05, 0.1) is 10.6 Å². The number of benzene rings is 1. The van der Waals surface area contributed by atoms with E-state index in [2.05, 4.69) is 5.16 Å². The normalized spacial score (nSPS) is 10.7. The molecule has 0 fully saturated rings. The number of hydrogen-bond donors (Lipinski definition) is 0. The molecule has 0 radical (unpaired) electrons. The molecular formula is C12H11FN2O3. The van der Waals surface area contributed by atoms with Gasteiger partial charge in [0, 0.05) is 11.6 Å². The molecule has 0 atom stereocenters. The number of aromatic nitrogens is 1. The first-order chi connectivity index (χ1) is 8.41. The smallest absolute Gasteiger partial charge is 0.305 e. The van der Waals surface area contributed by atoms with Crippen molar-refractivity contribution in [3.05, 3.63) is 45.1 Å². The molecule has 18 heavy (non-hydrogen) atoms. The molecule has 6 heteroatoms. The summed E-state index contributed by atoms with van der Waals surface area (Å²) in [5.41, 5.74) is 1.93. The molecule has 0 bridgehead atoms. The average molecular weight is 250 g/mol. The number of aryl methyl sites for hydroxylation is 3. The summed E-state index contributed by atoms with van der Waals surface area (Å²) >= 11 is 0.